The number of hydrogen-bond donors (Lipinski definition) is 1. The van der Waals surface area contributed by atoms with E-state index >= 15 is 0 Å². The molecule has 0 unspecified atom stereocenters. The number of nitrogens with zero attached hydrogens (tertiary/aromatic N) is 1. The number of carbonyl (C=O) groups is 1. The van der Waals surface area contributed by atoms with Gasteiger partial charge in [-0.3, -0.25) is 14.9 Å². The van der Waals surface area contributed by atoms with Crippen LogP contribution in [0.15, 0.2) is 48.5 Å². The Kier molecular flexibility index (Phi) is 6.14. The van der Waals surface area contributed by atoms with Gasteiger partial charge in [0.2, 0.25) is 5.91 Å². The Morgan fingerprint density at radius 1 is 1.24 bits per heavy atom. The molecule has 0 atom stereocenters. The molecule has 6 nitrogen and oxygen atoms in total. The Morgan fingerprint density at radius 2 is 1.92 bits per heavy atom. The molecule has 0 radical (unpaired) electrons. The summed E-state index contributed by atoms with van der Waals surface area (Å²) in [7, 11) is 0. The van der Waals surface area contributed by atoms with Gasteiger partial charge in [-0.25, -0.2) is 0 Å². The standard InChI is InChI=1S/C18H17ClN2O4/c1-12(2)25-15-7-5-14(6-8-15)20-18(22)10-4-13-3-9-16(19)17(11-13)21(23)24/h3-12H,1-2H3,(H,20,22)/b10-4+. The molecule has 2 aromatic rings. The first kappa shape index (κ1) is 18.5. The second-order valence-corrected chi connectivity index (χ2v) is 5.89. The largest absolute Gasteiger partial charge is 0.491 e. The van der Waals surface area contributed by atoms with Crippen LogP contribution in [-0.4, -0.2) is 16.9 Å². The van der Waals surface area contributed by atoms with Crippen LogP contribution in [0.3, 0.4) is 0 Å². The van der Waals surface area contributed by atoms with Crippen molar-refractivity contribution < 1.29 is 14.5 Å². The quantitative estimate of drug-likeness (QED) is 0.460. The van der Waals surface area contributed by atoms with E-state index in [4.69, 9.17) is 16.3 Å². The molecule has 0 aliphatic carbocycles. The Bertz CT molecular complexity index is 801. The zero-order chi connectivity index (χ0) is 18.4. The van der Waals surface area contributed by atoms with Gasteiger partial charge in [0.1, 0.15) is 10.8 Å². The summed E-state index contributed by atoms with van der Waals surface area (Å²) in [6.07, 6.45) is 2.85. The third-order valence-electron chi connectivity index (χ3n) is 3.09. The highest BCUT2D eigenvalue weighted by molar-refractivity contribution is 6.32. The van der Waals surface area contributed by atoms with Crippen molar-refractivity contribution >= 4 is 35.0 Å². The second-order valence-electron chi connectivity index (χ2n) is 5.48. The van der Waals surface area contributed by atoms with Gasteiger partial charge < -0.3 is 10.1 Å². The maximum atomic E-state index is 11.9. The van der Waals surface area contributed by atoms with Gasteiger partial charge in [-0.2, -0.15) is 0 Å². The smallest absolute Gasteiger partial charge is 0.288 e. The third kappa shape index (κ3) is 5.61. The Morgan fingerprint density at radius 3 is 2.52 bits per heavy atom. The highest BCUT2D eigenvalue weighted by atomic mass is 35.5. The number of nitro benzene ring substituents is 1. The van der Waals surface area contributed by atoms with Crippen LogP contribution in [0.2, 0.25) is 5.02 Å². The van der Waals surface area contributed by atoms with Crippen molar-refractivity contribution in [1.82, 2.24) is 0 Å². The van der Waals surface area contributed by atoms with Gasteiger partial charge in [-0.1, -0.05) is 17.7 Å². The van der Waals surface area contributed by atoms with Crippen molar-refractivity contribution in [3.8, 4) is 5.75 Å². The summed E-state index contributed by atoms with van der Waals surface area (Å²) in [5.41, 5.74) is 0.921. The fourth-order valence-corrected chi connectivity index (χ4v) is 2.20. The number of carbonyl (C=O) groups excluding carboxylic acids is 1. The SMILES string of the molecule is CC(C)Oc1ccc(NC(=O)/C=C/c2ccc(Cl)c([N+](=O)[O-])c2)cc1. The molecule has 0 aliphatic rings. The molecular formula is C18H17ClN2O4. The molecule has 0 saturated heterocycles. The lowest BCUT2D eigenvalue weighted by Crippen LogP contribution is -2.08. The van der Waals surface area contributed by atoms with Crippen molar-refractivity contribution in [2.24, 2.45) is 0 Å². The Labute approximate surface area is 150 Å². The number of nitrogens with one attached hydrogen (secondary N) is 1. The van der Waals surface area contributed by atoms with E-state index in [2.05, 4.69) is 5.32 Å². The van der Waals surface area contributed by atoms with Crippen LogP contribution < -0.4 is 10.1 Å². The Balaban J connectivity index is 2.01. The molecule has 1 N–H and O–H groups in total. The highest BCUT2D eigenvalue weighted by Gasteiger charge is 2.11. The summed E-state index contributed by atoms with van der Waals surface area (Å²) in [4.78, 5) is 22.2. The summed E-state index contributed by atoms with van der Waals surface area (Å²) in [6.45, 7) is 3.86. The summed E-state index contributed by atoms with van der Waals surface area (Å²) >= 11 is 5.75. The van der Waals surface area contributed by atoms with E-state index in [9.17, 15) is 14.9 Å². The van der Waals surface area contributed by atoms with Gasteiger partial charge in [-0.05, 0) is 55.8 Å². The maximum absolute atomic E-state index is 11.9. The highest BCUT2D eigenvalue weighted by Crippen LogP contribution is 2.25. The molecule has 7 heteroatoms. The summed E-state index contributed by atoms with van der Waals surface area (Å²) in [5.74, 6) is 0.368. The molecular weight excluding hydrogens is 344 g/mol. The monoisotopic (exact) mass is 360 g/mol. The number of halogens is 1. The summed E-state index contributed by atoms with van der Waals surface area (Å²) in [5, 5.41) is 13.6. The minimum Gasteiger partial charge on any atom is -0.491 e. The fraction of sp³-hybridized carbons (Fsp3) is 0.167. The number of nitro groups is 1. The number of amides is 1. The molecule has 0 saturated carbocycles. The topological polar surface area (TPSA) is 81.5 Å². The van der Waals surface area contributed by atoms with Crippen LogP contribution in [0.1, 0.15) is 19.4 Å². The van der Waals surface area contributed by atoms with Crippen molar-refractivity contribution in [2.45, 2.75) is 20.0 Å². The first-order valence-corrected chi connectivity index (χ1v) is 7.92. The lowest BCUT2D eigenvalue weighted by atomic mass is 10.2. The normalized spacial score (nSPS) is 10.9. The maximum Gasteiger partial charge on any atom is 0.288 e. The molecule has 2 aromatic carbocycles. The van der Waals surface area contributed by atoms with E-state index in [0.717, 1.165) is 5.75 Å². The van der Waals surface area contributed by atoms with Crippen molar-refractivity contribution in [3.63, 3.8) is 0 Å². The van der Waals surface area contributed by atoms with Crippen LogP contribution in [0.25, 0.3) is 6.08 Å². The predicted molar refractivity (Wildman–Crippen MR) is 98.0 cm³/mol. The van der Waals surface area contributed by atoms with E-state index in [1.807, 2.05) is 13.8 Å². The Hall–Kier alpha value is -2.86. The van der Waals surface area contributed by atoms with E-state index in [-0.39, 0.29) is 22.7 Å². The number of anilines is 1. The third-order valence-corrected chi connectivity index (χ3v) is 3.41. The number of benzene rings is 2. The predicted octanol–water partition coefficient (Wildman–Crippen LogP) is 4.69. The van der Waals surface area contributed by atoms with Crippen LogP contribution in [0, 0.1) is 10.1 Å². The molecule has 0 bridgehead atoms. The van der Waals surface area contributed by atoms with E-state index in [1.165, 1.54) is 24.3 Å². The van der Waals surface area contributed by atoms with Crippen LogP contribution in [-0.2, 0) is 4.79 Å². The zero-order valence-corrected chi connectivity index (χ0v) is 14.5. The average Bonchev–Trinajstić information content (AvgIpc) is 2.55. The van der Waals surface area contributed by atoms with Gasteiger partial charge in [0.25, 0.3) is 5.69 Å². The first-order chi connectivity index (χ1) is 11.8. The fourth-order valence-electron chi connectivity index (χ4n) is 2.02. The molecule has 2 rings (SSSR count). The molecule has 130 valence electrons. The van der Waals surface area contributed by atoms with E-state index in [1.54, 1.807) is 30.3 Å². The van der Waals surface area contributed by atoms with Gasteiger partial charge in [0, 0.05) is 17.8 Å². The molecule has 0 spiro atoms. The van der Waals surface area contributed by atoms with E-state index in [0.29, 0.717) is 11.3 Å². The van der Waals surface area contributed by atoms with Crippen LogP contribution in [0.4, 0.5) is 11.4 Å². The minimum absolute atomic E-state index is 0.0512. The van der Waals surface area contributed by atoms with E-state index < -0.39 is 4.92 Å². The number of hydrogen-bond acceptors (Lipinski definition) is 4. The number of rotatable bonds is 6. The molecule has 0 fully saturated rings. The van der Waals surface area contributed by atoms with Crippen molar-refractivity contribution in [3.05, 3.63) is 69.2 Å². The lowest BCUT2D eigenvalue weighted by Gasteiger charge is -2.10. The van der Waals surface area contributed by atoms with Crippen molar-refractivity contribution in [1.29, 1.82) is 0 Å². The zero-order valence-electron chi connectivity index (χ0n) is 13.7. The summed E-state index contributed by atoms with van der Waals surface area (Å²) < 4.78 is 5.53. The number of ether oxygens (including phenoxy) is 1. The van der Waals surface area contributed by atoms with Crippen molar-refractivity contribution in [2.75, 3.05) is 5.32 Å². The van der Waals surface area contributed by atoms with Gasteiger partial charge in [0.15, 0.2) is 0 Å². The molecule has 0 heterocycles. The van der Waals surface area contributed by atoms with Gasteiger partial charge >= 0.3 is 0 Å². The molecule has 0 aliphatic heterocycles. The summed E-state index contributed by atoms with van der Waals surface area (Å²) in [6, 6.07) is 11.3. The first-order valence-electron chi connectivity index (χ1n) is 7.55. The van der Waals surface area contributed by atoms with Gasteiger partial charge in [0.05, 0.1) is 11.0 Å². The molecule has 0 aromatic heterocycles. The lowest BCUT2D eigenvalue weighted by molar-refractivity contribution is -0.384. The van der Waals surface area contributed by atoms with Gasteiger partial charge in [-0.15, -0.1) is 0 Å². The average molecular weight is 361 g/mol. The van der Waals surface area contributed by atoms with Crippen LogP contribution >= 0.6 is 11.6 Å². The van der Waals surface area contributed by atoms with Crippen LogP contribution in [0.5, 0.6) is 5.75 Å². The second kappa shape index (κ2) is 8.30. The molecule has 25 heavy (non-hydrogen) atoms. The molecule has 1 amide bonds. The minimum atomic E-state index is -0.569.